The Morgan fingerprint density at radius 2 is 1.91 bits per heavy atom. The lowest BCUT2D eigenvalue weighted by atomic mass is 9.77. The van der Waals surface area contributed by atoms with Crippen LogP contribution in [0.2, 0.25) is 0 Å². The van der Waals surface area contributed by atoms with E-state index < -0.39 is 30.1 Å². The molecule has 1 heterocycles. The van der Waals surface area contributed by atoms with Crippen LogP contribution in [0.4, 0.5) is 0 Å². The van der Waals surface area contributed by atoms with Crippen molar-refractivity contribution in [3.05, 3.63) is 64.7 Å². The van der Waals surface area contributed by atoms with Gasteiger partial charge in [-0.3, -0.25) is 14.4 Å². The normalized spacial score (nSPS) is 20.2. The van der Waals surface area contributed by atoms with Crippen LogP contribution in [0.5, 0.6) is 17.2 Å². The first kappa shape index (κ1) is 31.7. The fourth-order valence-electron chi connectivity index (χ4n) is 5.71. The molecule has 0 radical (unpaired) electrons. The highest BCUT2D eigenvalue weighted by molar-refractivity contribution is 5.96. The fraction of sp³-hybridized carbons (Fsp3) is 0.438. The smallest absolute Gasteiger partial charge is 0.247 e. The number of aldehydes is 1. The van der Waals surface area contributed by atoms with Crippen LogP contribution in [0, 0.1) is 0 Å². The third-order valence-electron chi connectivity index (χ3n) is 7.79. The number of Topliss-reactive ketones (excluding diaryl/α,β-unsaturated/α-hetero) is 1. The first-order chi connectivity index (χ1) is 20.7. The summed E-state index contributed by atoms with van der Waals surface area (Å²) in [5, 5.41) is 23.8. The van der Waals surface area contributed by atoms with Gasteiger partial charge in [0, 0.05) is 42.6 Å². The standard InChI is InChI=1S/C32H38N2O9/c1-19(37)6-4-9-27(38)34(12-10-20-7-5-8-22(14-20)41-2)25-17-24(32(40)33-11-13-35)28-23-15-21(18-36)16-26(42-3)30(23)43-31(28)29(25)39/h5,7-8,14-18,25,28-29,31,35,39H,4,6,9-13H2,1-3H3,(H,33,40)/t25-,28+,29+,31+/m1/s1. The molecule has 0 saturated carbocycles. The Morgan fingerprint density at radius 1 is 1.12 bits per heavy atom. The molecule has 43 heavy (non-hydrogen) atoms. The molecule has 1 aliphatic heterocycles. The third-order valence-corrected chi connectivity index (χ3v) is 7.79. The number of aliphatic hydroxyl groups is 2. The van der Waals surface area contributed by atoms with Gasteiger partial charge in [0.05, 0.1) is 32.8 Å². The highest BCUT2D eigenvalue weighted by Crippen LogP contribution is 2.51. The molecule has 2 aliphatic rings. The molecule has 0 bridgehead atoms. The molecular formula is C32H38N2O9. The van der Waals surface area contributed by atoms with Crippen LogP contribution in [0.1, 0.15) is 53.6 Å². The van der Waals surface area contributed by atoms with Crippen molar-refractivity contribution in [1.82, 2.24) is 10.2 Å². The summed E-state index contributed by atoms with van der Waals surface area (Å²) in [7, 11) is 3.00. The number of carbonyl (C=O) groups is 4. The summed E-state index contributed by atoms with van der Waals surface area (Å²) in [6, 6.07) is 9.61. The van der Waals surface area contributed by atoms with Crippen LogP contribution in [0.15, 0.2) is 48.0 Å². The van der Waals surface area contributed by atoms with Crippen LogP contribution < -0.4 is 19.5 Å². The summed E-state index contributed by atoms with van der Waals surface area (Å²) in [6.45, 7) is 1.39. The Hall–Kier alpha value is -4.22. The van der Waals surface area contributed by atoms with Crippen LogP contribution in [0.25, 0.3) is 0 Å². The highest BCUT2D eigenvalue weighted by atomic mass is 16.5. The van der Waals surface area contributed by atoms with E-state index in [1.54, 1.807) is 19.3 Å². The lowest BCUT2D eigenvalue weighted by Crippen LogP contribution is -2.56. The molecule has 1 aliphatic carbocycles. The molecule has 2 amide bonds. The number of nitrogens with one attached hydrogen (secondary N) is 1. The maximum Gasteiger partial charge on any atom is 0.247 e. The molecule has 230 valence electrons. The molecule has 4 atom stereocenters. The Labute approximate surface area is 250 Å². The molecule has 0 spiro atoms. The van der Waals surface area contributed by atoms with E-state index in [9.17, 15) is 29.4 Å². The van der Waals surface area contributed by atoms with E-state index in [-0.39, 0.29) is 55.6 Å². The number of nitrogens with zero attached hydrogens (tertiary/aromatic N) is 1. The van der Waals surface area contributed by atoms with Gasteiger partial charge in [0.1, 0.15) is 30.0 Å². The molecule has 2 aromatic carbocycles. The lowest BCUT2D eigenvalue weighted by molar-refractivity contribution is -0.137. The second-order valence-electron chi connectivity index (χ2n) is 10.6. The van der Waals surface area contributed by atoms with Crippen molar-refractivity contribution >= 4 is 23.9 Å². The maximum atomic E-state index is 13.7. The number of benzene rings is 2. The van der Waals surface area contributed by atoms with E-state index in [1.807, 2.05) is 24.3 Å². The average Bonchev–Trinajstić information content (AvgIpc) is 3.40. The quantitative estimate of drug-likeness (QED) is 0.279. The molecule has 3 N–H and O–H groups in total. The van der Waals surface area contributed by atoms with Gasteiger partial charge in [-0.05, 0) is 55.7 Å². The largest absolute Gasteiger partial charge is 0.497 e. The molecule has 11 nitrogen and oxygen atoms in total. The van der Waals surface area contributed by atoms with Gasteiger partial charge in [-0.1, -0.05) is 12.1 Å². The number of rotatable bonds is 14. The zero-order valence-corrected chi connectivity index (χ0v) is 24.6. The van der Waals surface area contributed by atoms with Gasteiger partial charge in [-0.15, -0.1) is 0 Å². The van der Waals surface area contributed by atoms with Crippen molar-refractivity contribution in [2.45, 2.75) is 56.8 Å². The van der Waals surface area contributed by atoms with E-state index in [2.05, 4.69) is 5.32 Å². The van der Waals surface area contributed by atoms with Gasteiger partial charge in [-0.25, -0.2) is 0 Å². The Bertz CT molecular complexity index is 1390. The number of ether oxygens (including phenoxy) is 3. The molecule has 0 fully saturated rings. The number of amides is 2. The van der Waals surface area contributed by atoms with Crippen LogP contribution in [-0.4, -0.2) is 91.2 Å². The third kappa shape index (κ3) is 7.06. The number of carbonyl (C=O) groups excluding carboxylic acids is 4. The van der Waals surface area contributed by atoms with Crippen LogP contribution in [-0.2, 0) is 20.8 Å². The molecule has 0 unspecified atom stereocenters. The molecule has 0 saturated heterocycles. The number of ketones is 1. The number of hydrogen-bond donors (Lipinski definition) is 3. The van der Waals surface area contributed by atoms with E-state index in [0.29, 0.717) is 41.8 Å². The van der Waals surface area contributed by atoms with Gasteiger partial charge >= 0.3 is 0 Å². The summed E-state index contributed by atoms with van der Waals surface area (Å²) in [5.74, 6) is -0.316. The summed E-state index contributed by atoms with van der Waals surface area (Å²) in [6.07, 6.45) is 1.11. The minimum absolute atomic E-state index is 0.00424. The molecular weight excluding hydrogens is 556 g/mol. The number of aliphatic hydroxyl groups excluding tert-OH is 2. The molecule has 2 aromatic rings. The second kappa shape index (κ2) is 14.3. The fourth-order valence-corrected chi connectivity index (χ4v) is 5.71. The zero-order chi connectivity index (χ0) is 31.1. The predicted octanol–water partition coefficient (Wildman–Crippen LogP) is 1.97. The van der Waals surface area contributed by atoms with Crippen molar-refractivity contribution in [2.24, 2.45) is 0 Å². The summed E-state index contributed by atoms with van der Waals surface area (Å²) >= 11 is 0. The van der Waals surface area contributed by atoms with E-state index >= 15 is 0 Å². The highest BCUT2D eigenvalue weighted by Gasteiger charge is 2.51. The summed E-state index contributed by atoms with van der Waals surface area (Å²) < 4.78 is 17.0. The molecule has 11 heteroatoms. The Morgan fingerprint density at radius 3 is 2.58 bits per heavy atom. The topological polar surface area (TPSA) is 152 Å². The van der Waals surface area contributed by atoms with Crippen LogP contribution >= 0.6 is 0 Å². The van der Waals surface area contributed by atoms with Crippen molar-refractivity contribution in [3.8, 4) is 17.2 Å². The van der Waals surface area contributed by atoms with Crippen molar-refractivity contribution in [3.63, 3.8) is 0 Å². The van der Waals surface area contributed by atoms with Gasteiger partial charge in [0.15, 0.2) is 11.5 Å². The SMILES string of the molecule is COc1cccc(CCN(C(=O)CCCC(C)=O)[C@@H]2C=C(C(=O)NCCO)[C@@H]3c4cc(C=O)cc(OC)c4O[C@@H]3[C@H]2O)c1. The van der Waals surface area contributed by atoms with E-state index in [0.717, 1.165) is 5.56 Å². The average molecular weight is 595 g/mol. The molecule has 0 aromatic heterocycles. The number of hydrogen-bond acceptors (Lipinski definition) is 9. The van der Waals surface area contributed by atoms with E-state index in [1.165, 1.54) is 25.0 Å². The van der Waals surface area contributed by atoms with Gasteiger partial charge in [-0.2, -0.15) is 0 Å². The first-order valence-corrected chi connectivity index (χ1v) is 14.3. The number of fused-ring (bicyclic) bond motifs is 3. The van der Waals surface area contributed by atoms with Crippen LogP contribution in [0.3, 0.4) is 0 Å². The minimum atomic E-state index is -1.25. The van der Waals surface area contributed by atoms with Gasteiger partial charge < -0.3 is 39.4 Å². The first-order valence-electron chi connectivity index (χ1n) is 14.3. The van der Waals surface area contributed by atoms with Gasteiger partial charge in [0.2, 0.25) is 11.8 Å². The lowest BCUT2D eigenvalue weighted by Gasteiger charge is -2.41. The van der Waals surface area contributed by atoms with Crippen molar-refractivity contribution in [2.75, 3.05) is 33.9 Å². The van der Waals surface area contributed by atoms with Gasteiger partial charge in [0.25, 0.3) is 0 Å². The monoisotopic (exact) mass is 594 g/mol. The Kier molecular flexibility index (Phi) is 10.5. The van der Waals surface area contributed by atoms with Crippen molar-refractivity contribution < 1.29 is 43.6 Å². The zero-order valence-electron chi connectivity index (χ0n) is 24.6. The van der Waals surface area contributed by atoms with Crippen molar-refractivity contribution in [1.29, 1.82) is 0 Å². The van der Waals surface area contributed by atoms with E-state index in [4.69, 9.17) is 14.2 Å². The maximum absolute atomic E-state index is 13.7. The molecule has 4 rings (SSSR count). The number of methoxy groups -OCH3 is 2. The second-order valence-corrected chi connectivity index (χ2v) is 10.6. The minimum Gasteiger partial charge on any atom is -0.497 e. The Balaban J connectivity index is 1.75. The summed E-state index contributed by atoms with van der Waals surface area (Å²) in [5.41, 5.74) is 1.96. The predicted molar refractivity (Wildman–Crippen MR) is 156 cm³/mol. The summed E-state index contributed by atoms with van der Waals surface area (Å²) in [4.78, 5) is 51.9.